The van der Waals surface area contributed by atoms with Crippen molar-refractivity contribution in [2.75, 3.05) is 11.9 Å². The summed E-state index contributed by atoms with van der Waals surface area (Å²) in [5, 5.41) is 17.6. The van der Waals surface area contributed by atoms with Crippen LogP contribution in [0, 0.1) is 11.3 Å². The van der Waals surface area contributed by atoms with E-state index in [1.54, 1.807) is 10.9 Å². The second-order valence-electron chi connectivity index (χ2n) is 4.75. The maximum Gasteiger partial charge on any atom is 0.142 e. The van der Waals surface area contributed by atoms with Crippen molar-refractivity contribution in [3.8, 4) is 6.07 Å². The highest BCUT2D eigenvalue weighted by molar-refractivity contribution is 9.10. The minimum absolute atomic E-state index is 0.567. The van der Waals surface area contributed by atoms with Gasteiger partial charge in [-0.15, -0.1) is 0 Å². The highest BCUT2D eigenvalue weighted by atomic mass is 79.9. The van der Waals surface area contributed by atoms with Crippen LogP contribution in [-0.2, 0) is 13.6 Å². The van der Waals surface area contributed by atoms with E-state index in [1.165, 1.54) is 10.9 Å². The van der Waals surface area contributed by atoms with E-state index in [1.807, 2.05) is 19.2 Å². The molecule has 0 spiro atoms. The highest BCUT2D eigenvalue weighted by Crippen LogP contribution is 2.24. The van der Waals surface area contributed by atoms with E-state index < -0.39 is 0 Å². The van der Waals surface area contributed by atoms with Gasteiger partial charge in [-0.05, 0) is 18.2 Å². The summed E-state index contributed by atoms with van der Waals surface area (Å²) in [5.74, 6) is 0.759. The standard InChI is InChI=1S/C15H14BrN5/c1-20-15(11(9-17)10-19-20)18-6-8-21-7-5-12-13(16)3-2-4-14(12)21/h2-5,7,10,18H,6,8H2,1H3. The van der Waals surface area contributed by atoms with E-state index in [9.17, 15) is 0 Å². The molecular formula is C15H14BrN5. The van der Waals surface area contributed by atoms with Crippen LogP contribution in [0.3, 0.4) is 0 Å². The largest absolute Gasteiger partial charge is 0.367 e. The Morgan fingerprint density at radius 1 is 1.38 bits per heavy atom. The smallest absolute Gasteiger partial charge is 0.142 e. The zero-order valence-corrected chi connectivity index (χ0v) is 13.1. The van der Waals surface area contributed by atoms with Gasteiger partial charge in [0.2, 0.25) is 0 Å². The van der Waals surface area contributed by atoms with Crippen molar-refractivity contribution in [2.45, 2.75) is 6.54 Å². The number of nitriles is 1. The molecule has 1 N–H and O–H groups in total. The summed E-state index contributed by atoms with van der Waals surface area (Å²) in [5.41, 5.74) is 1.76. The Balaban J connectivity index is 1.74. The first-order valence-corrected chi connectivity index (χ1v) is 7.39. The Morgan fingerprint density at radius 2 is 2.24 bits per heavy atom. The molecule has 3 aromatic rings. The number of hydrogen-bond acceptors (Lipinski definition) is 3. The van der Waals surface area contributed by atoms with Crippen molar-refractivity contribution in [1.82, 2.24) is 14.3 Å². The van der Waals surface area contributed by atoms with Crippen LogP contribution in [0.5, 0.6) is 0 Å². The predicted molar refractivity (Wildman–Crippen MR) is 86.1 cm³/mol. The molecule has 0 radical (unpaired) electrons. The molecular weight excluding hydrogens is 330 g/mol. The Labute approximate surface area is 130 Å². The van der Waals surface area contributed by atoms with Crippen LogP contribution in [0.1, 0.15) is 5.56 Å². The Morgan fingerprint density at radius 3 is 3.05 bits per heavy atom. The van der Waals surface area contributed by atoms with Crippen molar-refractivity contribution in [3.63, 3.8) is 0 Å². The lowest BCUT2D eigenvalue weighted by Crippen LogP contribution is -2.12. The summed E-state index contributed by atoms with van der Waals surface area (Å²) in [4.78, 5) is 0. The molecule has 0 aliphatic heterocycles. The van der Waals surface area contributed by atoms with Crippen LogP contribution in [0.15, 0.2) is 41.1 Å². The molecule has 2 heterocycles. The van der Waals surface area contributed by atoms with Gasteiger partial charge in [0.05, 0.1) is 6.20 Å². The molecule has 0 atom stereocenters. The molecule has 0 aliphatic rings. The second kappa shape index (κ2) is 5.62. The number of aryl methyl sites for hydroxylation is 1. The highest BCUT2D eigenvalue weighted by Gasteiger charge is 2.07. The van der Waals surface area contributed by atoms with Crippen LogP contribution in [0.25, 0.3) is 10.9 Å². The third-order valence-corrected chi connectivity index (χ3v) is 4.16. The lowest BCUT2D eigenvalue weighted by Gasteiger charge is -2.09. The maximum absolute atomic E-state index is 9.03. The van der Waals surface area contributed by atoms with Crippen LogP contribution in [0.2, 0.25) is 0 Å². The molecule has 0 saturated heterocycles. The number of rotatable bonds is 4. The van der Waals surface area contributed by atoms with Crippen LogP contribution >= 0.6 is 15.9 Å². The van der Waals surface area contributed by atoms with Crippen molar-refractivity contribution in [2.24, 2.45) is 7.05 Å². The zero-order valence-electron chi connectivity index (χ0n) is 11.5. The van der Waals surface area contributed by atoms with E-state index in [0.717, 1.165) is 23.4 Å². The number of benzene rings is 1. The van der Waals surface area contributed by atoms with Gasteiger partial charge in [0, 0.05) is 41.7 Å². The van der Waals surface area contributed by atoms with Gasteiger partial charge in [-0.25, -0.2) is 0 Å². The van der Waals surface area contributed by atoms with Gasteiger partial charge in [-0.1, -0.05) is 22.0 Å². The van der Waals surface area contributed by atoms with E-state index in [0.29, 0.717) is 5.56 Å². The third kappa shape index (κ3) is 2.52. The summed E-state index contributed by atoms with van der Waals surface area (Å²) in [6, 6.07) is 10.4. The quantitative estimate of drug-likeness (QED) is 0.791. The SMILES string of the molecule is Cn1ncc(C#N)c1NCCn1ccc2c(Br)cccc21. The number of nitrogens with zero attached hydrogens (tertiary/aromatic N) is 4. The van der Waals surface area contributed by atoms with Crippen molar-refractivity contribution >= 4 is 32.7 Å². The van der Waals surface area contributed by atoms with Crippen molar-refractivity contribution < 1.29 is 0 Å². The molecule has 1 aromatic carbocycles. The monoisotopic (exact) mass is 343 g/mol. The number of aromatic nitrogens is 3. The first-order valence-electron chi connectivity index (χ1n) is 6.60. The Bertz CT molecular complexity index is 824. The minimum atomic E-state index is 0.567. The topological polar surface area (TPSA) is 58.6 Å². The molecule has 21 heavy (non-hydrogen) atoms. The van der Waals surface area contributed by atoms with Gasteiger partial charge in [-0.3, -0.25) is 4.68 Å². The van der Waals surface area contributed by atoms with Gasteiger partial charge in [0.25, 0.3) is 0 Å². The Hall–Kier alpha value is -2.26. The summed E-state index contributed by atoms with van der Waals surface area (Å²) in [6.07, 6.45) is 3.65. The number of halogens is 1. The van der Waals surface area contributed by atoms with E-state index in [-0.39, 0.29) is 0 Å². The molecule has 2 aromatic heterocycles. The molecule has 0 saturated carbocycles. The summed E-state index contributed by atoms with van der Waals surface area (Å²) >= 11 is 3.56. The van der Waals surface area contributed by atoms with Gasteiger partial charge < -0.3 is 9.88 Å². The summed E-state index contributed by atoms with van der Waals surface area (Å²) < 4.78 is 4.98. The van der Waals surface area contributed by atoms with Crippen molar-refractivity contribution in [1.29, 1.82) is 5.26 Å². The van der Waals surface area contributed by atoms with Crippen LogP contribution in [0.4, 0.5) is 5.82 Å². The molecule has 0 aliphatic carbocycles. The lowest BCUT2D eigenvalue weighted by atomic mass is 10.2. The fourth-order valence-electron chi connectivity index (χ4n) is 2.40. The molecule has 6 heteroatoms. The van der Waals surface area contributed by atoms with E-state index in [4.69, 9.17) is 5.26 Å². The first-order chi connectivity index (χ1) is 10.2. The number of fused-ring (bicyclic) bond motifs is 1. The van der Waals surface area contributed by atoms with Gasteiger partial charge in [0.1, 0.15) is 17.5 Å². The summed E-state index contributed by atoms with van der Waals surface area (Å²) in [6.45, 7) is 1.54. The molecule has 0 bridgehead atoms. The maximum atomic E-state index is 9.03. The lowest BCUT2D eigenvalue weighted by molar-refractivity contribution is 0.730. The number of anilines is 1. The van der Waals surface area contributed by atoms with E-state index >= 15 is 0 Å². The summed E-state index contributed by atoms with van der Waals surface area (Å²) in [7, 11) is 1.82. The predicted octanol–water partition coefficient (Wildman–Crippen LogP) is 3.12. The number of nitrogens with one attached hydrogen (secondary N) is 1. The first kappa shape index (κ1) is 13.7. The van der Waals surface area contributed by atoms with Crippen LogP contribution in [-0.4, -0.2) is 20.9 Å². The minimum Gasteiger partial charge on any atom is -0.367 e. The van der Waals surface area contributed by atoms with Crippen molar-refractivity contribution in [3.05, 3.63) is 46.7 Å². The molecule has 5 nitrogen and oxygen atoms in total. The van der Waals surface area contributed by atoms with Gasteiger partial charge in [0.15, 0.2) is 0 Å². The Kier molecular flexibility index (Phi) is 3.67. The zero-order chi connectivity index (χ0) is 14.8. The average Bonchev–Trinajstić information content (AvgIpc) is 3.05. The van der Waals surface area contributed by atoms with Crippen LogP contribution < -0.4 is 5.32 Å². The van der Waals surface area contributed by atoms with E-state index in [2.05, 4.69) is 55.3 Å². The molecule has 3 rings (SSSR count). The molecule has 106 valence electrons. The normalized spacial score (nSPS) is 10.7. The molecule has 0 fully saturated rings. The third-order valence-electron chi connectivity index (χ3n) is 3.46. The number of hydrogen-bond donors (Lipinski definition) is 1. The van der Waals surface area contributed by atoms with Gasteiger partial charge >= 0.3 is 0 Å². The average molecular weight is 344 g/mol. The molecule has 0 unspecified atom stereocenters. The fourth-order valence-corrected chi connectivity index (χ4v) is 2.89. The fraction of sp³-hybridized carbons (Fsp3) is 0.200. The molecule has 0 amide bonds. The van der Waals surface area contributed by atoms with Gasteiger partial charge in [-0.2, -0.15) is 10.4 Å². The second-order valence-corrected chi connectivity index (χ2v) is 5.61.